The predicted octanol–water partition coefficient (Wildman–Crippen LogP) is 5.35. The van der Waals surface area contributed by atoms with Crippen LogP contribution < -0.4 is 0 Å². The van der Waals surface area contributed by atoms with Crippen molar-refractivity contribution in [3.05, 3.63) is 101 Å². The Kier molecular flexibility index (Phi) is 5.37. The molecule has 136 valence electrons. The zero-order chi connectivity index (χ0) is 18.5. The first-order valence-corrected chi connectivity index (χ1v) is 8.68. The van der Waals surface area contributed by atoms with Gasteiger partial charge in [-0.05, 0) is 24.6 Å². The van der Waals surface area contributed by atoms with E-state index in [0.29, 0.717) is 0 Å². The van der Waals surface area contributed by atoms with Crippen molar-refractivity contribution < 1.29 is 19.6 Å². The molecular formula is C22H19NO4. The Bertz CT molecular complexity index is 884. The number of aryl methyl sites for hydroxylation is 1. The summed E-state index contributed by atoms with van der Waals surface area (Å²) in [4.78, 5) is 25.8. The fourth-order valence-electron chi connectivity index (χ4n) is 2.58. The Hall–Kier alpha value is -2.83. The standard InChI is InChI=1S/C22H19NO4/c1-16-7-11-18(12-8-16)21-24-26-22(27-25-21)19-13-9-17(10-14-19)15-23-20-5-3-2-4-6-20/h2-15,21-22H,1H3. The molecule has 0 N–H and O–H groups in total. The average molecular weight is 361 g/mol. The summed E-state index contributed by atoms with van der Waals surface area (Å²) in [6.45, 7) is 2.02. The third-order valence-corrected chi connectivity index (χ3v) is 4.14. The third kappa shape index (κ3) is 4.48. The highest BCUT2D eigenvalue weighted by atomic mass is 17.4. The van der Waals surface area contributed by atoms with Crippen LogP contribution in [0.25, 0.3) is 0 Å². The van der Waals surface area contributed by atoms with Gasteiger partial charge in [-0.3, -0.25) is 4.99 Å². The summed E-state index contributed by atoms with van der Waals surface area (Å²) >= 11 is 0. The lowest BCUT2D eigenvalue weighted by Gasteiger charge is -2.27. The van der Waals surface area contributed by atoms with Crippen molar-refractivity contribution in [2.45, 2.75) is 19.5 Å². The van der Waals surface area contributed by atoms with Gasteiger partial charge in [-0.2, -0.15) is 19.6 Å². The molecule has 3 aromatic rings. The van der Waals surface area contributed by atoms with Crippen molar-refractivity contribution in [2.24, 2.45) is 4.99 Å². The van der Waals surface area contributed by atoms with Crippen molar-refractivity contribution in [1.29, 1.82) is 0 Å². The van der Waals surface area contributed by atoms with Crippen LogP contribution in [0, 0.1) is 6.92 Å². The molecule has 1 saturated heterocycles. The molecule has 0 radical (unpaired) electrons. The first kappa shape index (κ1) is 17.6. The van der Waals surface area contributed by atoms with E-state index in [1.165, 1.54) is 0 Å². The van der Waals surface area contributed by atoms with Crippen LogP contribution in [-0.2, 0) is 19.6 Å². The van der Waals surface area contributed by atoms with E-state index in [1.54, 1.807) is 0 Å². The van der Waals surface area contributed by atoms with Gasteiger partial charge in [0.05, 0.1) is 5.69 Å². The zero-order valence-corrected chi connectivity index (χ0v) is 14.8. The van der Waals surface area contributed by atoms with Crippen LogP contribution >= 0.6 is 0 Å². The number of hydrogen-bond acceptors (Lipinski definition) is 5. The molecule has 0 aromatic heterocycles. The molecule has 0 bridgehead atoms. The maximum atomic E-state index is 5.35. The summed E-state index contributed by atoms with van der Waals surface area (Å²) in [5, 5.41) is 0. The van der Waals surface area contributed by atoms with Gasteiger partial charge in [0.25, 0.3) is 0 Å². The third-order valence-electron chi connectivity index (χ3n) is 4.14. The van der Waals surface area contributed by atoms with E-state index < -0.39 is 12.6 Å². The van der Waals surface area contributed by atoms with E-state index in [1.807, 2.05) is 92.0 Å². The molecule has 1 aliphatic heterocycles. The highest BCUT2D eigenvalue weighted by Gasteiger charge is 2.28. The summed E-state index contributed by atoms with van der Waals surface area (Å²) in [5.41, 5.74) is 4.65. The van der Waals surface area contributed by atoms with Gasteiger partial charge in [-0.15, -0.1) is 0 Å². The lowest BCUT2D eigenvalue weighted by molar-refractivity contribution is -0.600. The molecule has 1 fully saturated rings. The molecule has 5 nitrogen and oxygen atoms in total. The minimum atomic E-state index is -0.744. The monoisotopic (exact) mass is 361 g/mol. The van der Waals surface area contributed by atoms with E-state index in [4.69, 9.17) is 19.6 Å². The van der Waals surface area contributed by atoms with Gasteiger partial charge >= 0.3 is 0 Å². The molecule has 0 atom stereocenters. The lowest BCUT2D eigenvalue weighted by atomic mass is 10.1. The second-order valence-electron chi connectivity index (χ2n) is 6.22. The molecule has 0 aliphatic carbocycles. The van der Waals surface area contributed by atoms with Crippen molar-refractivity contribution in [3.63, 3.8) is 0 Å². The number of aliphatic imine (C=N–C) groups is 1. The Morgan fingerprint density at radius 1 is 0.667 bits per heavy atom. The zero-order valence-electron chi connectivity index (χ0n) is 14.8. The van der Waals surface area contributed by atoms with E-state index in [9.17, 15) is 0 Å². The van der Waals surface area contributed by atoms with E-state index in [2.05, 4.69) is 4.99 Å². The van der Waals surface area contributed by atoms with Gasteiger partial charge in [0.15, 0.2) is 0 Å². The van der Waals surface area contributed by atoms with E-state index in [-0.39, 0.29) is 0 Å². The molecule has 5 heteroatoms. The molecule has 0 unspecified atom stereocenters. The Morgan fingerprint density at radius 2 is 1.19 bits per heavy atom. The first-order valence-electron chi connectivity index (χ1n) is 8.68. The van der Waals surface area contributed by atoms with Crippen molar-refractivity contribution in [1.82, 2.24) is 0 Å². The highest BCUT2D eigenvalue weighted by Crippen LogP contribution is 2.32. The molecule has 4 rings (SSSR count). The summed E-state index contributed by atoms with van der Waals surface area (Å²) in [6, 6.07) is 25.2. The lowest BCUT2D eigenvalue weighted by Crippen LogP contribution is -2.22. The van der Waals surface area contributed by atoms with Crippen LogP contribution in [-0.4, -0.2) is 6.21 Å². The smallest absolute Gasteiger partial charge is 0.249 e. The minimum absolute atomic E-state index is 0.709. The average Bonchev–Trinajstić information content (AvgIpc) is 2.74. The molecular weight excluding hydrogens is 342 g/mol. The number of nitrogens with zero attached hydrogens (tertiary/aromatic N) is 1. The first-order chi connectivity index (χ1) is 13.3. The highest BCUT2D eigenvalue weighted by molar-refractivity contribution is 5.81. The van der Waals surface area contributed by atoms with Gasteiger partial charge in [0, 0.05) is 17.3 Å². The SMILES string of the molecule is Cc1ccc(C2OOC(c3ccc(C=Nc4ccccc4)cc3)OO2)cc1. The maximum absolute atomic E-state index is 5.35. The number of benzene rings is 3. The Morgan fingerprint density at radius 3 is 1.74 bits per heavy atom. The topological polar surface area (TPSA) is 49.3 Å². The minimum Gasteiger partial charge on any atom is -0.256 e. The molecule has 1 aliphatic rings. The second-order valence-corrected chi connectivity index (χ2v) is 6.22. The number of rotatable bonds is 4. The molecule has 3 aromatic carbocycles. The summed E-state index contributed by atoms with van der Waals surface area (Å²) in [5.74, 6) is 0. The van der Waals surface area contributed by atoms with Crippen LogP contribution in [0.15, 0.2) is 83.9 Å². The van der Waals surface area contributed by atoms with Crippen LogP contribution in [0.4, 0.5) is 5.69 Å². The summed E-state index contributed by atoms with van der Waals surface area (Å²) in [6.07, 6.45) is 0.355. The van der Waals surface area contributed by atoms with Gasteiger partial charge in [-0.25, -0.2) is 0 Å². The molecule has 0 spiro atoms. The summed E-state index contributed by atoms with van der Waals surface area (Å²) < 4.78 is 0. The largest absolute Gasteiger partial charge is 0.256 e. The normalized spacial score (nSPS) is 20.0. The van der Waals surface area contributed by atoms with Crippen molar-refractivity contribution in [2.75, 3.05) is 0 Å². The second kappa shape index (κ2) is 8.24. The molecule has 0 saturated carbocycles. The van der Waals surface area contributed by atoms with Crippen molar-refractivity contribution >= 4 is 11.9 Å². The van der Waals surface area contributed by atoms with E-state index in [0.717, 1.165) is 27.9 Å². The van der Waals surface area contributed by atoms with Crippen LogP contribution in [0.3, 0.4) is 0 Å². The maximum Gasteiger partial charge on any atom is 0.249 e. The number of hydrogen-bond donors (Lipinski definition) is 0. The van der Waals surface area contributed by atoms with Gasteiger partial charge < -0.3 is 0 Å². The van der Waals surface area contributed by atoms with Crippen LogP contribution in [0.1, 0.15) is 34.8 Å². The Labute approximate surface area is 157 Å². The molecule has 1 heterocycles. The Balaban J connectivity index is 1.36. The molecule has 27 heavy (non-hydrogen) atoms. The van der Waals surface area contributed by atoms with Gasteiger partial charge in [0.1, 0.15) is 0 Å². The fourth-order valence-corrected chi connectivity index (χ4v) is 2.58. The molecule has 0 amide bonds. The predicted molar refractivity (Wildman–Crippen MR) is 101 cm³/mol. The van der Waals surface area contributed by atoms with E-state index >= 15 is 0 Å². The van der Waals surface area contributed by atoms with Gasteiger partial charge in [0.2, 0.25) is 12.6 Å². The van der Waals surface area contributed by atoms with Crippen molar-refractivity contribution in [3.8, 4) is 0 Å². The quantitative estimate of drug-likeness (QED) is 0.464. The summed E-state index contributed by atoms with van der Waals surface area (Å²) in [7, 11) is 0. The fraction of sp³-hybridized carbons (Fsp3) is 0.136. The van der Waals surface area contributed by atoms with Gasteiger partial charge in [-0.1, -0.05) is 72.3 Å². The van der Waals surface area contributed by atoms with Crippen LogP contribution in [0.2, 0.25) is 0 Å². The number of para-hydroxylation sites is 1. The van der Waals surface area contributed by atoms with Crippen LogP contribution in [0.5, 0.6) is 0 Å².